The highest BCUT2D eigenvalue weighted by molar-refractivity contribution is 5.82. The Morgan fingerprint density at radius 3 is 3.00 bits per heavy atom. The van der Waals surface area contributed by atoms with Crippen molar-refractivity contribution in [3.05, 3.63) is 35.7 Å². The second-order valence-corrected chi connectivity index (χ2v) is 3.03. The second-order valence-electron chi connectivity index (χ2n) is 3.03. The van der Waals surface area contributed by atoms with E-state index >= 15 is 0 Å². The van der Waals surface area contributed by atoms with Crippen LogP contribution in [0.2, 0.25) is 0 Å². The van der Waals surface area contributed by atoms with Crippen LogP contribution in [0.5, 0.6) is 0 Å². The van der Waals surface area contributed by atoms with Gasteiger partial charge in [0.2, 0.25) is 0 Å². The molecule has 0 N–H and O–H groups in total. The first kappa shape index (κ1) is 12.1. The molecule has 4 heteroatoms. The number of pyridine rings is 1. The minimum Gasteiger partial charge on any atom is -0.466 e. The van der Waals surface area contributed by atoms with Crippen molar-refractivity contribution in [1.82, 2.24) is 4.98 Å². The van der Waals surface area contributed by atoms with Gasteiger partial charge in [0, 0.05) is 23.5 Å². The quantitative estimate of drug-likeness (QED) is 0.560. The van der Waals surface area contributed by atoms with Crippen molar-refractivity contribution in [3.63, 3.8) is 0 Å². The maximum absolute atomic E-state index is 11.0. The van der Waals surface area contributed by atoms with Crippen molar-refractivity contribution in [2.45, 2.75) is 13.3 Å². The van der Waals surface area contributed by atoms with Crippen LogP contribution in [-0.4, -0.2) is 23.8 Å². The zero-order chi connectivity index (χ0) is 11.8. The molecule has 0 saturated carbocycles. The van der Waals surface area contributed by atoms with Crippen molar-refractivity contribution in [2.24, 2.45) is 0 Å². The number of carbonyl (C=O) groups excluding carboxylic acids is 2. The third kappa shape index (κ3) is 3.65. The van der Waals surface area contributed by atoms with Crippen LogP contribution in [-0.2, 0) is 9.53 Å². The minimum atomic E-state index is -0.282. The van der Waals surface area contributed by atoms with Crippen molar-refractivity contribution < 1.29 is 14.3 Å². The molecule has 0 aliphatic carbocycles. The van der Waals surface area contributed by atoms with Gasteiger partial charge in [-0.2, -0.15) is 0 Å². The normalized spacial score (nSPS) is 10.3. The van der Waals surface area contributed by atoms with E-state index in [0.717, 1.165) is 6.29 Å². The van der Waals surface area contributed by atoms with E-state index in [-0.39, 0.29) is 12.4 Å². The molecule has 1 aromatic heterocycles. The Balaban J connectivity index is 2.62. The molecule has 1 aromatic rings. The molecule has 1 rings (SSSR count). The van der Waals surface area contributed by atoms with Crippen molar-refractivity contribution >= 4 is 18.3 Å². The van der Waals surface area contributed by atoms with E-state index in [1.54, 1.807) is 37.5 Å². The molecule has 4 nitrogen and oxygen atoms in total. The first-order chi connectivity index (χ1) is 7.77. The molecule has 0 spiro atoms. The average molecular weight is 219 g/mol. The van der Waals surface area contributed by atoms with Gasteiger partial charge in [-0.3, -0.25) is 14.6 Å². The molecule has 0 aliphatic rings. The highest BCUT2D eigenvalue weighted by Crippen LogP contribution is 2.07. The van der Waals surface area contributed by atoms with E-state index in [1.165, 1.54) is 0 Å². The van der Waals surface area contributed by atoms with E-state index in [0.29, 0.717) is 17.7 Å². The van der Waals surface area contributed by atoms with Crippen LogP contribution >= 0.6 is 0 Å². The Kier molecular flexibility index (Phi) is 4.92. The van der Waals surface area contributed by atoms with Crippen LogP contribution in [0.15, 0.2) is 24.5 Å². The smallest absolute Gasteiger partial charge is 0.309 e. The molecular weight excluding hydrogens is 206 g/mol. The zero-order valence-corrected chi connectivity index (χ0v) is 9.05. The molecule has 0 aliphatic heterocycles. The number of ether oxygens (including phenoxy) is 1. The molecule has 0 fully saturated rings. The molecule has 0 atom stereocenters. The number of carbonyl (C=O) groups is 2. The summed E-state index contributed by atoms with van der Waals surface area (Å²) in [6.07, 6.45) is 7.42. The minimum absolute atomic E-state index is 0.195. The highest BCUT2D eigenvalue weighted by Gasteiger charge is 1.99. The van der Waals surface area contributed by atoms with E-state index < -0.39 is 0 Å². The average Bonchev–Trinajstić information content (AvgIpc) is 2.30. The first-order valence-corrected chi connectivity index (χ1v) is 4.99. The fraction of sp³-hybridized carbons (Fsp3) is 0.250. The molecule has 0 aromatic carbocycles. The highest BCUT2D eigenvalue weighted by atomic mass is 16.5. The van der Waals surface area contributed by atoms with Gasteiger partial charge in [0.25, 0.3) is 0 Å². The lowest BCUT2D eigenvalue weighted by atomic mass is 10.1. The van der Waals surface area contributed by atoms with Crippen LogP contribution in [0.3, 0.4) is 0 Å². The van der Waals surface area contributed by atoms with E-state index in [9.17, 15) is 9.59 Å². The van der Waals surface area contributed by atoms with Crippen molar-refractivity contribution in [1.29, 1.82) is 0 Å². The third-order valence-electron chi connectivity index (χ3n) is 1.90. The number of rotatable bonds is 5. The number of nitrogens with zero attached hydrogens (tertiary/aromatic N) is 1. The summed E-state index contributed by atoms with van der Waals surface area (Å²) in [6, 6.07) is 1.62. The Labute approximate surface area is 94.0 Å². The fourth-order valence-electron chi connectivity index (χ4n) is 1.17. The van der Waals surface area contributed by atoms with Crippen LogP contribution in [0, 0.1) is 0 Å². The lowest BCUT2D eigenvalue weighted by Crippen LogP contribution is -2.01. The van der Waals surface area contributed by atoms with E-state index in [4.69, 9.17) is 4.74 Å². The number of aldehydes is 1. The van der Waals surface area contributed by atoms with Gasteiger partial charge >= 0.3 is 5.97 Å². The molecule has 0 amide bonds. The summed E-state index contributed by atoms with van der Waals surface area (Å²) < 4.78 is 4.76. The largest absolute Gasteiger partial charge is 0.466 e. The number of hydrogen-bond donors (Lipinski definition) is 0. The topological polar surface area (TPSA) is 56.3 Å². The summed E-state index contributed by atoms with van der Waals surface area (Å²) in [6.45, 7) is 2.13. The summed E-state index contributed by atoms with van der Waals surface area (Å²) in [5.74, 6) is -0.282. The predicted octanol–water partition coefficient (Wildman–Crippen LogP) is 1.86. The molecule has 0 bridgehead atoms. The van der Waals surface area contributed by atoms with Crippen molar-refractivity contribution in [3.8, 4) is 0 Å². The lowest BCUT2D eigenvalue weighted by Gasteiger charge is -1.98. The van der Waals surface area contributed by atoms with Gasteiger partial charge in [-0.25, -0.2) is 0 Å². The number of esters is 1. The Morgan fingerprint density at radius 1 is 1.50 bits per heavy atom. The van der Waals surface area contributed by atoms with E-state index in [2.05, 4.69) is 4.98 Å². The number of aromatic nitrogens is 1. The molecule has 1 heterocycles. The Morgan fingerprint density at radius 2 is 2.31 bits per heavy atom. The summed E-state index contributed by atoms with van der Waals surface area (Å²) in [4.78, 5) is 25.6. The maximum Gasteiger partial charge on any atom is 0.309 e. The summed E-state index contributed by atoms with van der Waals surface area (Å²) in [5, 5.41) is 0. The molecular formula is C12H13NO3. The summed E-state index contributed by atoms with van der Waals surface area (Å²) >= 11 is 0. The summed E-state index contributed by atoms with van der Waals surface area (Å²) in [7, 11) is 0. The molecule has 16 heavy (non-hydrogen) atoms. The SMILES string of the molecule is CCOC(=O)CC=Cc1cnccc1C=O. The first-order valence-electron chi connectivity index (χ1n) is 4.99. The predicted molar refractivity (Wildman–Crippen MR) is 59.9 cm³/mol. The molecule has 0 saturated heterocycles. The monoisotopic (exact) mass is 219 g/mol. The maximum atomic E-state index is 11.0. The van der Waals surface area contributed by atoms with Crippen molar-refractivity contribution in [2.75, 3.05) is 6.61 Å². The standard InChI is InChI=1S/C12H13NO3/c1-2-16-12(15)5-3-4-10-8-13-7-6-11(10)9-14/h3-4,6-9H,2,5H2,1H3. The van der Waals surface area contributed by atoms with E-state index in [1.807, 2.05) is 0 Å². The summed E-state index contributed by atoms with van der Waals surface area (Å²) in [5.41, 5.74) is 1.25. The molecule has 0 unspecified atom stereocenters. The zero-order valence-electron chi connectivity index (χ0n) is 9.05. The van der Waals surface area contributed by atoms with Gasteiger partial charge in [0.05, 0.1) is 13.0 Å². The molecule has 84 valence electrons. The second kappa shape index (κ2) is 6.50. The van der Waals surface area contributed by atoms with Gasteiger partial charge in [0.15, 0.2) is 6.29 Å². The van der Waals surface area contributed by atoms with Gasteiger partial charge in [-0.15, -0.1) is 0 Å². The number of hydrogen-bond acceptors (Lipinski definition) is 4. The van der Waals surface area contributed by atoms with Gasteiger partial charge in [0.1, 0.15) is 0 Å². The van der Waals surface area contributed by atoms with Gasteiger partial charge in [-0.05, 0) is 13.0 Å². The van der Waals surface area contributed by atoms with Crippen LogP contribution < -0.4 is 0 Å². The molecule has 0 radical (unpaired) electrons. The Hall–Kier alpha value is -1.97. The van der Waals surface area contributed by atoms with Crippen LogP contribution in [0.1, 0.15) is 29.3 Å². The lowest BCUT2D eigenvalue weighted by molar-refractivity contribution is -0.142. The van der Waals surface area contributed by atoms with Crippen LogP contribution in [0.4, 0.5) is 0 Å². The fourth-order valence-corrected chi connectivity index (χ4v) is 1.17. The Bertz CT molecular complexity index is 399. The van der Waals surface area contributed by atoms with Gasteiger partial charge < -0.3 is 4.74 Å². The van der Waals surface area contributed by atoms with Crippen LogP contribution in [0.25, 0.3) is 6.08 Å². The van der Waals surface area contributed by atoms with Gasteiger partial charge in [-0.1, -0.05) is 12.2 Å². The third-order valence-corrected chi connectivity index (χ3v) is 1.90.